The molecule has 0 amide bonds. The van der Waals surface area contributed by atoms with E-state index < -0.39 is 0 Å². The second-order valence-corrected chi connectivity index (χ2v) is 7.11. The number of hydrogen-bond donors (Lipinski definition) is 1. The van der Waals surface area contributed by atoms with Crippen molar-refractivity contribution in [2.75, 3.05) is 7.11 Å². The van der Waals surface area contributed by atoms with Gasteiger partial charge in [0.05, 0.1) is 18.3 Å². The molecule has 0 radical (unpaired) electrons. The van der Waals surface area contributed by atoms with Gasteiger partial charge in [0.15, 0.2) is 0 Å². The largest absolute Gasteiger partial charge is 0.497 e. The molecular weight excluding hydrogens is 388 g/mol. The van der Waals surface area contributed by atoms with E-state index in [0.717, 1.165) is 43.3 Å². The first-order chi connectivity index (χ1) is 12.8. The monoisotopic (exact) mass is 402 g/mol. The first-order valence-corrected chi connectivity index (χ1v) is 9.17. The highest BCUT2D eigenvalue weighted by Crippen LogP contribution is 2.37. The molecule has 0 aliphatic heterocycles. The van der Waals surface area contributed by atoms with E-state index in [2.05, 4.69) is 75.5 Å². The Bertz CT molecular complexity index is 1290. The Hall–Kier alpha value is -2.85. The van der Waals surface area contributed by atoms with Crippen molar-refractivity contribution in [3.63, 3.8) is 0 Å². The number of ether oxygens (including phenoxy) is 1. The minimum absolute atomic E-state index is 0.853. The number of H-pyrrole nitrogens is 1. The van der Waals surface area contributed by atoms with Gasteiger partial charge in [0.25, 0.3) is 0 Å². The summed E-state index contributed by atoms with van der Waals surface area (Å²) in [7, 11) is 1.69. The lowest BCUT2D eigenvalue weighted by atomic mass is 10.0. The molecule has 5 aromatic rings. The van der Waals surface area contributed by atoms with E-state index in [4.69, 9.17) is 9.72 Å². The van der Waals surface area contributed by atoms with E-state index in [-0.39, 0.29) is 0 Å². The quantitative estimate of drug-likeness (QED) is 0.375. The van der Waals surface area contributed by atoms with Gasteiger partial charge in [-0.15, -0.1) is 0 Å². The van der Waals surface area contributed by atoms with Crippen LogP contribution in [0.15, 0.2) is 71.3 Å². The molecule has 0 spiro atoms. The normalized spacial score (nSPS) is 11.5. The zero-order valence-electron chi connectivity index (χ0n) is 14.1. The Morgan fingerprint density at radius 1 is 0.885 bits per heavy atom. The number of aromatic nitrogens is 2. The minimum atomic E-state index is 0.853. The molecule has 0 fully saturated rings. The van der Waals surface area contributed by atoms with E-state index in [9.17, 15) is 0 Å². The molecule has 0 saturated carbocycles. The molecule has 0 saturated heterocycles. The number of rotatable bonds is 2. The number of fused-ring (bicyclic) bond motifs is 4. The summed E-state index contributed by atoms with van der Waals surface area (Å²) in [6.07, 6.45) is 1.88. The summed E-state index contributed by atoms with van der Waals surface area (Å²) in [6.45, 7) is 0. The maximum Gasteiger partial charge on any atom is 0.119 e. The molecule has 2 aromatic heterocycles. The Morgan fingerprint density at radius 2 is 1.73 bits per heavy atom. The fraction of sp³-hybridized carbons (Fsp3) is 0.0455. The lowest BCUT2D eigenvalue weighted by Crippen LogP contribution is -1.87. The summed E-state index contributed by atoms with van der Waals surface area (Å²) in [5.41, 5.74) is 4.20. The Balaban J connectivity index is 1.87. The number of nitrogens with zero attached hydrogens (tertiary/aromatic N) is 1. The molecule has 0 aliphatic rings. The van der Waals surface area contributed by atoms with E-state index in [1.807, 2.05) is 12.3 Å². The molecule has 4 heteroatoms. The van der Waals surface area contributed by atoms with Crippen LogP contribution in [-0.4, -0.2) is 17.1 Å². The maximum absolute atomic E-state index is 5.39. The van der Waals surface area contributed by atoms with Gasteiger partial charge in [0.1, 0.15) is 5.75 Å². The maximum atomic E-state index is 5.39. The Labute approximate surface area is 158 Å². The second-order valence-electron chi connectivity index (χ2n) is 6.26. The summed E-state index contributed by atoms with van der Waals surface area (Å²) in [6, 6.07) is 20.7. The SMILES string of the molecule is COc1ccc2[nH]c3c(-c4cccc5c(Br)cccc45)nccc3c2c1. The molecule has 3 nitrogen and oxygen atoms in total. The first-order valence-electron chi connectivity index (χ1n) is 8.38. The van der Waals surface area contributed by atoms with E-state index in [0.29, 0.717) is 0 Å². The highest BCUT2D eigenvalue weighted by molar-refractivity contribution is 9.10. The van der Waals surface area contributed by atoms with Crippen LogP contribution in [0.1, 0.15) is 0 Å². The zero-order valence-corrected chi connectivity index (χ0v) is 15.7. The first kappa shape index (κ1) is 15.4. The predicted octanol–water partition coefficient (Wildman–Crippen LogP) is 6.31. The van der Waals surface area contributed by atoms with Crippen molar-refractivity contribution in [3.8, 4) is 17.0 Å². The molecular formula is C22H15BrN2O. The number of aromatic amines is 1. The van der Waals surface area contributed by atoms with E-state index in [1.165, 1.54) is 10.8 Å². The summed E-state index contributed by atoms with van der Waals surface area (Å²) >= 11 is 3.66. The van der Waals surface area contributed by atoms with Crippen LogP contribution in [0, 0.1) is 0 Å². The zero-order chi connectivity index (χ0) is 17.7. The van der Waals surface area contributed by atoms with Crippen LogP contribution in [0.2, 0.25) is 0 Å². The number of methoxy groups -OCH3 is 1. The molecule has 3 aromatic carbocycles. The van der Waals surface area contributed by atoms with Crippen molar-refractivity contribution in [2.45, 2.75) is 0 Å². The van der Waals surface area contributed by atoms with Gasteiger partial charge in [-0.05, 0) is 41.1 Å². The van der Waals surface area contributed by atoms with Crippen LogP contribution in [0.4, 0.5) is 0 Å². The predicted molar refractivity (Wildman–Crippen MR) is 111 cm³/mol. The molecule has 2 heterocycles. The lowest BCUT2D eigenvalue weighted by Gasteiger charge is -2.08. The molecule has 126 valence electrons. The van der Waals surface area contributed by atoms with Crippen molar-refractivity contribution in [1.82, 2.24) is 9.97 Å². The molecule has 0 aliphatic carbocycles. The fourth-order valence-corrected chi connectivity index (χ4v) is 4.11. The van der Waals surface area contributed by atoms with Crippen LogP contribution < -0.4 is 4.74 Å². The average molecular weight is 403 g/mol. The van der Waals surface area contributed by atoms with Crippen molar-refractivity contribution >= 4 is 48.5 Å². The van der Waals surface area contributed by atoms with Crippen LogP contribution in [0.25, 0.3) is 43.8 Å². The van der Waals surface area contributed by atoms with Crippen molar-refractivity contribution < 1.29 is 4.74 Å². The van der Waals surface area contributed by atoms with Gasteiger partial charge in [0.2, 0.25) is 0 Å². The van der Waals surface area contributed by atoms with E-state index >= 15 is 0 Å². The standard InChI is InChI=1S/C22H15BrN2O/c1-26-13-8-9-20-18(12-13)17-10-11-24-21(22(17)25-20)16-6-2-5-15-14(16)4-3-7-19(15)23/h2-12,25H,1H3. The van der Waals surface area contributed by atoms with Crippen molar-refractivity contribution in [2.24, 2.45) is 0 Å². The molecule has 0 bridgehead atoms. The molecule has 1 N–H and O–H groups in total. The molecule has 5 rings (SSSR count). The van der Waals surface area contributed by atoms with Crippen LogP contribution >= 0.6 is 15.9 Å². The van der Waals surface area contributed by atoms with Gasteiger partial charge in [-0.2, -0.15) is 0 Å². The summed E-state index contributed by atoms with van der Waals surface area (Å²) in [5, 5.41) is 4.65. The summed E-state index contributed by atoms with van der Waals surface area (Å²) in [4.78, 5) is 8.26. The van der Waals surface area contributed by atoms with Crippen LogP contribution in [0.3, 0.4) is 0 Å². The minimum Gasteiger partial charge on any atom is -0.497 e. The topological polar surface area (TPSA) is 37.9 Å². The van der Waals surface area contributed by atoms with Gasteiger partial charge >= 0.3 is 0 Å². The van der Waals surface area contributed by atoms with Crippen LogP contribution in [0.5, 0.6) is 5.75 Å². The van der Waals surface area contributed by atoms with Gasteiger partial charge in [-0.25, -0.2) is 0 Å². The Kier molecular flexibility index (Phi) is 3.47. The highest BCUT2D eigenvalue weighted by Gasteiger charge is 2.14. The molecule has 0 atom stereocenters. The summed E-state index contributed by atoms with van der Waals surface area (Å²) < 4.78 is 6.48. The number of pyridine rings is 1. The smallest absolute Gasteiger partial charge is 0.119 e. The fourth-order valence-electron chi connectivity index (χ4n) is 3.61. The summed E-state index contributed by atoms with van der Waals surface area (Å²) in [5.74, 6) is 0.853. The lowest BCUT2D eigenvalue weighted by molar-refractivity contribution is 0.415. The second kappa shape index (κ2) is 5.85. The molecule has 0 unspecified atom stereocenters. The van der Waals surface area contributed by atoms with Crippen molar-refractivity contribution in [3.05, 3.63) is 71.3 Å². The van der Waals surface area contributed by atoms with Gasteiger partial charge in [-0.3, -0.25) is 4.98 Å². The third-order valence-electron chi connectivity index (χ3n) is 4.85. The number of benzene rings is 3. The Morgan fingerprint density at radius 3 is 2.62 bits per heavy atom. The number of nitrogens with one attached hydrogen (secondary N) is 1. The van der Waals surface area contributed by atoms with Gasteiger partial charge < -0.3 is 9.72 Å². The third-order valence-corrected chi connectivity index (χ3v) is 5.54. The van der Waals surface area contributed by atoms with Crippen LogP contribution in [-0.2, 0) is 0 Å². The number of halogens is 1. The van der Waals surface area contributed by atoms with E-state index in [1.54, 1.807) is 7.11 Å². The van der Waals surface area contributed by atoms with Gasteiger partial charge in [0, 0.05) is 32.5 Å². The van der Waals surface area contributed by atoms with Gasteiger partial charge in [-0.1, -0.05) is 46.3 Å². The van der Waals surface area contributed by atoms with Crippen molar-refractivity contribution in [1.29, 1.82) is 0 Å². The molecule has 26 heavy (non-hydrogen) atoms. The average Bonchev–Trinajstić information content (AvgIpc) is 3.06. The number of hydrogen-bond acceptors (Lipinski definition) is 2. The highest BCUT2D eigenvalue weighted by atomic mass is 79.9. The third kappa shape index (κ3) is 2.22.